The molecule has 3 aromatic carbocycles. The Morgan fingerprint density at radius 3 is 2.43 bits per heavy atom. The van der Waals surface area contributed by atoms with Crippen molar-refractivity contribution in [1.29, 1.82) is 0 Å². The lowest BCUT2D eigenvalue weighted by molar-refractivity contribution is 0.0998. The van der Waals surface area contributed by atoms with Gasteiger partial charge >= 0.3 is 6.09 Å². The van der Waals surface area contributed by atoms with Gasteiger partial charge in [-0.1, -0.05) is 72.8 Å². The van der Waals surface area contributed by atoms with Gasteiger partial charge < -0.3 is 14.4 Å². The monoisotopic (exact) mass is 399 g/mol. The molecule has 1 heterocycles. The number of hydrogen-bond acceptors (Lipinski definition) is 3. The molecule has 0 aromatic heterocycles. The summed E-state index contributed by atoms with van der Waals surface area (Å²) in [6, 6.07) is 26.2. The molecule has 152 valence electrons. The van der Waals surface area contributed by atoms with Gasteiger partial charge in [0.25, 0.3) is 0 Å². The van der Waals surface area contributed by atoms with Crippen molar-refractivity contribution in [2.75, 3.05) is 20.2 Å². The first-order valence-corrected chi connectivity index (χ1v) is 10.1. The molecule has 3 aromatic rings. The number of carbonyl (C=O) groups excluding carboxylic acids is 1. The summed E-state index contributed by atoms with van der Waals surface area (Å²) in [4.78, 5) is 14.2. The highest BCUT2D eigenvalue weighted by atomic mass is 16.6. The molecule has 4 heteroatoms. The lowest BCUT2D eigenvalue weighted by atomic mass is 9.91. The maximum atomic E-state index is 12.4. The first kappa shape index (κ1) is 19.8. The number of carbonyl (C=O) groups is 1. The van der Waals surface area contributed by atoms with Crippen molar-refractivity contribution in [3.8, 4) is 16.9 Å². The third-order valence-electron chi connectivity index (χ3n) is 5.33. The Bertz CT molecular complexity index is 1040. The molecule has 1 aliphatic heterocycles. The van der Waals surface area contributed by atoms with Crippen molar-refractivity contribution < 1.29 is 14.3 Å². The summed E-state index contributed by atoms with van der Waals surface area (Å²) >= 11 is 0. The summed E-state index contributed by atoms with van der Waals surface area (Å²) < 4.78 is 10.9. The van der Waals surface area contributed by atoms with Gasteiger partial charge in [0.05, 0.1) is 7.11 Å². The molecule has 0 bridgehead atoms. The van der Waals surface area contributed by atoms with Crippen LogP contribution < -0.4 is 4.74 Å². The Labute approximate surface area is 177 Å². The number of methoxy groups -OCH3 is 1. The van der Waals surface area contributed by atoms with E-state index in [2.05, 4.69) is 42.5 Å². The average Bonchev–Trinajstić information content (AvgIpc) is 2.83. The quantitative estimate of drug-likeness (QED) is 0.545. The van der Waals surface area contributed by atoms with Gasteiger partial charge in [0.1, 0.15) is 12.4 Å². The van der Waals surface area contributed by atoms with Crippen molar-refractivity contribution >= 4 is 11.7 Å². The predicted octanol–water partition coefficient (Wildman–Crippen LogP) is 5.79. The largest absolute Gasteiger partial charge is 0.497 e. The summed E-state index contributed by atoms with van der Waals surface area (Å²) in [5.41, 5.74) is 5.73. The Morgan fingerprint density at radius 2 is 1.70 bits per heavy atom. The Balaban J connectivity index is 1.46. The lowest BCUT2D eigenvalue weighted by Crippen LogP contribution is -2.35. The van der Waals surface area contributed by atoms with Gasteiger partial charge in [-0.2, -0.15) is 0 Å². The van der Waals surface area contributed by atoms with Crippen molar-refractivity contribution in [1.82, 2.24) is 4.90 Å². The van der Waals surface area contributed by atoms with Crippen LogP contribution in [0.3, 0.4) is 0 Å². The fourth-order valence-electron chi connectivity index (χ4n) is 3.70. The van der Waals surface area contributed by atoms with Crippen LogP contribution in [0.5, 0.6) is 5.75 Å². The third kappa shape index (κ3) is 4.54. The van der Waals surface area contributed by atoms with E-state index in [0.717, 1.165) is 23.3 Å². The van der Waals surface area contributed by atoms with Crippen LogP contribution in [-0.4, -0.2) is 31.2 Å². The first-order valence-electron chi connectivity index (χ1n) is 10.1. The summed E-state index contributed by atoms with van der Waals surface area (Å²) in [7, 11) is 1.68. The molecule has 4 nitrogen and oxygen atoms in total. The van der Waals surface area contributed by atoms with Crippen LogP contribution in [0.1, 0.15) is 17.5 Å². The van der Waals surface area contributed by atoms with Gasteiger partial charge in [0.15, 0.2) is 0 Å². The van der Waals surface area contributed by atoms with Crippen LogP contribution in [0.25, 0.3) is 16.7 Å². The van der Waals surface area contributed by atoms with Crippen LogP contribution in [0.15, 0.2) is 84.9 Å². The molecule has 4 rings (SSSR count). The molecule has 0 spiro atoms. The maximum absolute atomic E-state index is 12.4. The standard InChI is InChI=1S/C26H25NO3/c1-29-23-11-7-10-22(18-23)25-13-6-5-12-24(25)21-14-16-27(17-15-21)26(28)30-19-20-8-3-2-4-9-20/h2-14,18H,15-17,19H2,1H3. The van der Waals surface area contributed by atoms with E-state index in [0.29, 0.717) is 19.7 Å². The van der Waals surface area contributed by atoms with E-state index >= 15 is 0 Å². The van der Waals surface area contributed by atoms with E-state index in [4.69, 9.17) is 9.47 Å². The van der Waals surface area contributed by atoms with E-state index in [9.17, 15) is 4.79 Å². The highest BCUT2D eigenvalue weighted by Crippen LogP contribution is 2.33. The van der Waals surface area contributed by atoms with Gasteiger partial charge in [-0.05, 0) is 46.4 Å². The van der Waals surface area contributed by atoms with Crippen molar-refractivity contribution in [3.05, 3.63) is 96.1 Å². The molecule has 0 saturated heterocycles. The number of nitrogens with zero attached hydrogens (tertiary/aromatic N) is 1. The normalized spacial score (nSPS) is 13.5. The fraction of sp³-hybridized carbons (Fsp3) is 0.192. The second-order valence-electron chi connectivity index (χ2n) is 7.24. The summed E-state index contributed by atoms with van der Waals surface area (Å²) in [5.74, 6) is 0.840. The molecule has 1 amide bonds. The smallest absolute Gasteiger partial charge is 0.410 e. The summed E-state index contributed by atoms with van der Waals surface area (Å²) in [6.45, 7) is 1.49. The zero-order valence-corrected chi connectivity index (χ0v) is 17.1. The van der Waals surface area contributed by atoms with Crippen molar-refractivity contribution in [2.24, 2.45) is 0 Å². The van der Waals surface area contributed by atoms with Gasteiger partial charge in [-0.25, -0.2) is 4.79 Å². The second-order valence-corrected chi connectivity index (χ2v) is 7.24. The molecule has 0 radical (unpaired) electrons. The number of amides is 1. The molecule has 0 atom stereocenters. The lowest BCUT2D eigenvalue weighted by Gasteiger charge is -2.27. The van der Waals surface area contributed by atoms with Crippen LogP contribution in [0, 0.1) is 0 Å². The highest BCUT2D eigenvalue weighted by Gasteiger charge is 2.20. The van der Waals surface area contributed by atoms with Crippen LogP contribution in [0.2, 0.25) is 0 Å². The zero-order valence-electron chi connectivity index (χ0n) is 17.1. The fourth-order valence-corrected chi connectivity index (χ4v) is 3.70. The number of hydrogen-bond donors (Lipinski definition) is 0. The van der Waals surface area contributed by atoms with E-state index in [-0.39, 0.29) is 6.09 Å². The number of benzene rings is 3. The van der Waals surface area contributed by atoms with Gasteiger partial charge in [0, 0.05) is 13.1 Å². The molecule has 0 N–H and O–H groups in total. The Morgan fingerprint density at radius 1 is 0.933 bits per heavy atom. The van der Waals surface area contributed by atoms with Gasteiger partial charge in [-0.15, -0.1) is 0 Å². The van der Waals surface area contributed by atoms with Gasteiger partial charge in [0.2, 0.25) is 0 Å². The minimum Gasteiger partial charge on any atom is -0.497 e. The highest BCUT2D eigenvalue weighted by molar-refractivity contribution is 5.83. The van der Waals surface area contributed by atoms with Crippen molar-refractivity contribution in [3.63, 3.8) is 0 Å². The van der Waals surface area contributed by atoms with E-state index in [1.54, 1.807) is 12.0 Å². The second kappa shape index (κ2) is 9.31. The maximum Gasteiger partial charge on any atom is 0.410 e. The van der Waals surface area contributed by atoms with Crippen LogP contribution >= 0.6 is 0 Å². The Hall–Kier alpha value is -3.53. The van der Waals surface area contributed by atoms with E-state index < -0.39 is 0 Å². The Kier molecular flexibility index (Phi) is 6.14. The number of rotatable bonds is 5. The molecular formula is C26H25NO3. The SMILES string of the molecule is COc1cccc(-c2ccccc2C2=CCN(C(=O)OCc3ccccc3)CC2)c1. The topological polar surface area (TPSA) is 38.8 Å². The summed E-state index contributed by atoms with van der Waals surface area (Å²) in [6.07, 6.45) is 2.66. The molecule has 30 heavy (non-hydrogen) atoms. The zero-order chi connectivity index (χ0) is 20.8. The van der Waals surface area contributed by atoms with E-state index in [1.165, 1.54) is 16.7 Å². The molecule has 0 aliphatic carbocycles. The first-order chi connectivity index (χ1) is 14.7. The molecule has 1 aliphatic rings. The summed E-state index contributed by atoms with van der Waals surface area (Å²) in [5, 5.41) is 0. The molecule has 0 unspecified atom stereocenters. The van der Waals surface area contributed by atoms with E-state index in [1.807, 2.05) is 42.5 Å². The van der Waals surface area contributed by atoms with Gasteiger partial charge in [-0.3, -0.25) is 0 Å². The predicted molar refractivity (Wildman–Crippen MR) is 119 cm³/mol. The van der Waals surface area contributed by atoms with Crippen LogP contribution in [-0.2, 0) is 11.3 Å². The minimum absolute atomic E-state index is 0.268. The molecule has 0 saturated carbocycles. The molecule has 0 fully saturated rings. The number of ether oxygens (including phenoxy) is 2. The average molecular weight is 399 g/mol. The van der Waals surface area contributed by atoms with Crippen LogP contribution in [0.4, 0.5) is 4.79 Å². The molecular weight excluding hydrogens is 374 g/mol. The van der Waals surface area contributed by atoms with Crippen molar-refractivity contribution in [2.45, 2.75) is 13.0 Å². The minimum atomic E-state index is -0.268. The third-order valence-corrected chi connectivity index (χ3v) is 5.33.